The van der Waals surface area contributed by atoms with Crippen molar-refractivity contribution in [3.05, 3.63) is 196 Å². The van der Waals surface area contributed by atoms with E-state index in [4.69, 9.17) is 0 Å². The maximum atomic E-state index is 2.60. The first-order valence-electron chi connectivity index (χ1n) is 16.7. The van der Waals surface area contributed by atoms with Crippen molar-refractivity contribution in [3.8, 4) is 22.3 Å². The molecule has 6 aromatic carbocycles. The van der Waals surface area contributed by atoms with Gasteiger partial charge >= 0.3 is 283 Å². The molecule has 1 unspecified atom stereocenters. The summed E-state index contributed by atoms with van der Waals surface area (Å²) in [6.45, 7) is 4.58. The summed E-state index contributed by atoms with van der Waals surface area (Å²) >= 11 is -2.86. The molecule has 1 heteroatoms. The Morgan fingerprint density at radius 3 is 1.61 bits per heavy atom. The second kappa shape index (κ2) is 12.5. The number of aryl methyl sites for hydroxylation is 2. The Bertz CT molecular complexity index is 2010. The van der Waals surface area contributed by atoms with Crippen LogP contribution in [-0.2, 0) is 34.1 Å². The molecule has 222 valence electrons. The molecule has 1 atom stereocenters. The molecule has 0 fully saturated rings. The van der Waals surface area contributed by atoms with Gasteiger partial charge in [0.2, 0.25) is 0 Å². The van der Waals surface area contributed by atoms with Crippen molar-refractivity contribution in [1.82, 2.24) is 0 Å². The molecular weight excluding hydrogens is 632 g/mol. The van der Waals surface area contributed by atoms with E-state index in [1.54, 1.807) is 14.3 Å². The Morgan fingerprint density at radius 1 is 0.522 bits per heavy atom. The molecule has 0 saturated carbocycles. The Hall–Kier alpha value is -4.19. The van der Waals surface area contributed by atoms with Crippen molar-refractivity contribution < 1.29 is 21.3 Å². The van der Waals surface area contributed by atoms with Crippen LogP contribution in [0.15, 0.2) is 152 Å². The van der Waals surface area contributed by atoms with Crippen molar-refractivity contribution >= 4 is 9.28 Å². The fourth-order valence-corrected chi connectivity index (χ4v) is 17.6. The molecule has 46 heavy (non-hydrogen) atoms. The van der Waals surface area contributed by atoms with Crippen LogP contribution in [0.4, 0.5) is 0 Å². The molecule has 8 rings (SSSR count). The van der Waals surface area contributed by atoms with Crippen molar-refractivity contribution in [2.75, 3.05) is 0 Å². The molecule has 0 aliphatic heterocycles. The van der Waals surface area contributed by atoms with Crippen LogP contribution in [0.1, 0.15) is 65.6 Å². The summed E-state index contributed by atoms with van der Waals surface area (Å²) in [5.74, 6) is 0. The topological polar surface area (TPSA) is 0 Å². The average molecular weight is 670 g/mol. The number of hydrogen-bond acceptors (Lipinski definition) is 0. The molecule has 6 aromatic rings. The second-order valence-corrected chi connectivity index (χ2v) is 19.0. The Labute approximate surface area is 281 Å². The first kappa shape index (κ1) is 29.2. The van der Waals surface area contributed by atoms with E-state index in [1.807, 2.05) is 0 Å². The number of allylic oxidation sites excluding steroid dienone is 1. The quantitative estimate of drug-likeness (QED) is 0.159. The summed E-state index contributed by atoms with van der Waals surface area (Å²) in [6.07, 6.45) is 7.16. The minimum absolute atomic E-state index is 0.399. The van der Waals surface area contributed by atoms with Crippen LogP contribution in [0.3, 0.4) is 0 Å². The van der Waals surface area contributed by atoms with Gasteiger partial charge in [-0.2, -0.15) is 0 Å². The molecule has 0 bridgehead atoms. The zero-order valence-corrected chi connectivity index (χ0v) is 29.0. The van der Waals surface area contributed by atoms with Crippen LogP contribution in [0, 0.1) is 0 Å². The van der Waals surface area contributed by atoms with E-state index in [9.17, 15) is 0 Å². The van der Waals surface area contributed by atoms with E-state index < -0.39 is 21.3 Å². The van der Waals surface area contributed by atoms with Gasteiger partial charge < -0.3 is 0 Å². The Balaban J connectivity index is 1.47. The van der Waals surface area contributed by atoms with E-state index >= 15 is 0 Å². The predicted octanol–water partition coefficient (Wildman–Crippen LogP) is 11.2. The standard InChI is InChI=1S/C17H17.C15H11.C13H10.Zr/c1-3-12-5-7-16-14(9-12)11-15-10-13(4-2)6-8-17(15)16;1-2-6-12(7-3-1)14-10-4-8-13-9-5-11-15(13)14;1-3-7-12(8-4-1)11-13-9-5-2-6-10-13;/h5-11H,3-4H2,1-2H3;1-11H;1-10H;. The molecule has 0 nitrogen and oxygen atoms in total. The number of fused-ring (bicyclic) bond motifs is 4. The minimum atomic E-state index is -2.86. The molecule has 0 saturated heterocycles. The van der Waals surface area contributed by atoms with Gasteiger partial charge in [-0.25, -0.2) is 0 Å². The molecule has 0 heterocycles. The fraction of sp³-hybridized carbons (Fsp3) is 0.133. The van der Waals surface area contributed by atoms with Gasteiger partial charge in [-0.1, -0.05) is 0 Å². The second-order valence-electron chi connectivity index (χ2n) is 12.6. The van der Waals surface area contributed by atoms with Crippen molar-refractivity contribution in [3.63, 3.8) is 0 Å². The van der Waals surface area contributed by atoms with E-state index in [0.29, 0.717) is 7.25 Å². The molecule has 0 N–H and O–H groups in total. The predicted molar refractivity (Wildman–Crippen MR) is 192 cm³/mol. The maximum absolute atomic E-state index is 2.86. The fourth-order valence-electron chi connectivity index (χ4n) is 7.80. The van der Waals surface area contributed by atoms with Gasteiger partial charge in [0, 0.05) is 0 Å². The molecule has 2 aliphatic carbocycles. The SMILES string of the molecule is CCc1ccc2c(c1)[CH]([Zr](=[C](c1ccccc1)c1ccccc1)[CH]1C=Cc3c(-c4ccccc4)cccc31)c1cc(CC)ccc1-2. The third-order valence-corrected chi connectivity index (χ3v) is 18.8. The summed E-state index contributed by atoms with van der Waals surface area (Å²) in [4.78, 5) is 0. The Morgan fingerprint density at radius 2 is 1.07 bits per heavy atom. The van der Waals surface area contributed by atoms with Gasteiger partial charge in [0.15, 0.2) is 0 Å². The zero-order valence-electron chi connectivity index (χ0n) is 26.6. The third kappa shape index (κ3) is 5.07. The van der Waals surface area contributed by atoms with E-state index in [-0.39, 0.29) is 0 Å². The average Bonchev–Trinajstić information content (AvgIpc) is 3.70. The normalized spacial score (nSPS) is 14.5. The van der Waals surface area contributed by atoms with Gasteiger partial charge in [0.05, 0.1) is 0 Å². The molecule has 0 spiro atoms. The van der Waals surface area contributed by atoms with Gasteiger partial charge in [-0.05, 0) is 0 Å². The summed E-state index contributed by atoms with van der Waals surface area (Å²) in [6, 6.07) is 55.4. The summed E-state index contributed by atoms with van der Waals surface area (Å²) in [7, 11) is 0. The van der Waals surface area contributed by atoms with Crippen molar-refractivity contribution in [1.29, 1.82) is 0 Å². The number of hydrogen-bond donors (Lipinski definition) is 0. The van der Waals surface area contributed by atoms with Crippen molar-refractivity contribution in [2.24, 2.45) is 0 Å². The van der Waals surface area contributed by atoms with Crippen LogP contribution in [0.25, 0.3) is 28.3 Å². The zero-order chi connectivity index (χ0) is 31.0. The summed E-state index contributed by atoms with van der Waals surface area (Å²) in [5.41, 5.74) is 17.2. The first-order valence-corrected chi connectivity index (χ1v) is 20.8. The van der Waals surface area contributed by atoms with E-state index in [0.717, 1.165) is 12.8 Å². The van der Waals surface area contributed by atoms with Crippen LogP contribution >= 0.6 is 0 Å². The molecule has 0 amide bonds. The molecule has 2 aliphatic rings. The molecule has 0 radical (unpaired) electrons. The third-order valence-electron chi connectivity index (χ3n) is 10.0. The van der Waals surface area contributed by atoms with Crippen LogP contribution in [0.5, 0.6) is 0 Å². The van der Waals surface area contributed by atoms with Gasteiger partial charge in [0.25, 0.3) is 0 Å². The van der Waals surface area contributed by atoms with Gasteiger partial charge in [0.1, 0.15) is 0 Å². The molecular formula is C45H38Zr. The van der Waals surface area contributed by atoms with Crippen LogP contribution < -0.4 is 0 Å². The summed E-state index contributed by atoms with van der Waals surface area (Å²) in [5, 5.41) is 0. The number of benzene rings is 6. The van der Waals surface area contributed by atoms with Crippen LogP contribution in [0.2, 0.25) is 0 Å². The van der Waals surface area contributed by atoms with Gasteiger partial charge in [-0.15, -0.1) is 0 Å². The van der Waals surface area contributed by atoms with E-state index in [1.165, 1.54) is 55.6 Å². The number of rotatable bonds is 7. The van der Waals surface area contributed by atoms with E-state index in [2.05, 4.69) is 172 Å². The van der Waals surface area contributed by atoms with Crippen molar-refractivity contribution in [2.45, 2.75) is 33.9 Å². The van der Waals surface area contributed by atoms with Gasteiger partial charge in [-0.3, -0.25) is 0 Å². The Kier molecular flexibility index (Phi) is 7.97. The first-order chi connectivity index (χ1) is 22.7. The summed E-state index contributed by atoms with van der Waals surface area (Å²) < 4.78 is 2.42. The monoisotopic (exact) mass is 668 g/mol. The van der Waals surface area contributed by atoms with Crippen LogP contribution in [-0.4, -0.2) is 3.21 Å². The molecule has 0 aromatic heterocycles.